The zero-order valence-corrected chi connectivity index (χ0v) is 18.0. The highest BCUT2D eigenvalue weighted by atomic mass is 35.5. The van der Waals surface area contributed by atoms with Gasteiger partial charge >= 0.3 is 0 Å². The molecule has 5 rings (SSSR count). The fourth-order valence-electron chi connectivity index (χ4n) is 4.57. The summed E-state index contributed by atoms with van der Waals surface area (Å²) in [6.07, 6.45) is 8.07. The van der Waals surface area contributed by atoms with Gasteiger partial charge in [-0.3, -0.25) is 4.99 Å². The van der Waals surface area contributed by atoms with E-state index in [9.17, 15) is 0 Å². The first kappa shape index (κ1) is 19.3. The summed E-state index contributed by atoms with van der Waals surface area (Å²) in [6.45, 7) is 5.15. The normalized spacial score (nSPS) is 22.9. The number of H-pyrrole nitrogens is 1. The number of aromatic nitrogens is 3. The summed E-state index contributed by atoms with van der Waals surface area (Å²) in [5.74, 6) is 1.81. The standard InChI is InChI=1S/C22H25ClN6O/c1-12-9-19(27-13(2)26-12)30-16-5-3-14(4-6-16)20-22-17(11-25-29-20)21-18(28-22)10-15(23)7-8-24-21/h7,9-10,14,16,25,28H,3-6,8,11H2,1-2H3. The average Bonchev–Trinajstić information content (AvgIpc) is 2.94. The highest BCUT2D eigenvalue weighted by Crippen LogP contribution is 2.31. The predicted molar refractivity (Wildman–Crippen MR) is 116 cm³/mol. The molecule has 7 nitrogen and oxygen atoms in total. The molecule has 156 valence electrons. The second-order valence-corrected chi connectivity index (χ2v) is 8.57. The molecular formula is C22H25ClN6O. The number of hydrazone groups is 1. The quantitative estimate of drug-likeness (QED) is 0.792. The smallest absolute Gasteiger partial charge is 0.217 e. The van der Waals surface area contributed by atoms with Crippen LogP contribution in [0.15, 0.2) is 27.3 Å². The molecule has 0 bridgehead atoms. The van der Waals surface area contributed by atoms with Crippen LogP contribution < -0.4 is 20.9 Å². The molecule has 1 fully saturated rings. The van der Waals surface area contributed by atoms with Gasteiger partial charge < -0.3 is 15.1 Å². The zero-order valence-electron chi connectivity index (χ0n) is 17.2. The molecule has 2 aliphatic heterocycles. The van der Waals surface area contributed by atoms with E-state index in [0.717, 1.165) is 64.3 Å². The van der Waals surface area contributed by atoms with Gasteiger partial charge in [-0.05, 0) is 51.7 Å². The number of allylic oxidation sites excluding steroid dienone is 1. The molecule has 0 unspecified atom stereocenters. The van der Waals surface area contributed by atoms with Crippen molar-refractivity contribution in [3.05, 3.63) is 50.7 Å². The first-order valence-electron chi connectivity index (χ1n) is 10.5. The minimum Gasteiger partial charge on any atom is -0.474 e. The molecule has 8 heteroatoms. The Morgan fingerprint density at radius 1 is 1.13 bits per heavy atom. The molecule has 0 aromatic carbocycles. The van der Waals surface area contributed by atoms with Crippen LogP contribution in [0.25, 0.3) is 6.08 Å². The Hall–Kier alpha value is -2.67. The molecule has 0 spiro atoms. The molecule has 1 saturated carbocycles. The van der Waals surface area contributed by atoms with E-state index >= 15 is 0 Å². The molecule has 1 aliphatic carbocycles. The van der Waals surface area contributed by atoms with E-state index in [1.54, 1.807) is 0 Å². The second-order valence-electron chi connectivity index (χ2n) is 8.13. The number of nitrogens with one attached hydrogen (secondary N) is 2. The molecule has 2 N–H and O–H groups in total. The number of aromatic amines is 1. The van der Waals surface area contributed by atoms with Crippen molar-refractivity contribution in [1.29, 1.82) is 0 Å². The lowest BCUT2D eigenvalue weighted by molar-refractivity contribution is 0.138. The lowest BCUT2D eigenvalue weighted by Crippen LogP contribution is -2.33. The highest BCUT2D eigenvalue weighted by Gasteiger charge is 2.31. The van der Waals surface area contributed by atoms with Crippen molar-refractivity contribution in [3.63, 3.8) is 0 Å². The summed E-state index contributed by atoms with van der Waals surface area (Å²) in [5.41, 5.74) is 7.55. The van der Waals surface area contributed by atoms with Crippen LogP contribution in [-0.4, -0.2) is 33.3 Å². The molecule has 2 aromatic heterocycles. The first-order chi connectivity index (χ1) is 14.6. The topological polar surface area (TPSA) is 87.5 Å². The maximum Gasteiger partial charge on any atom is 0.217 e. The third-order valence-corrected chi connectivity index (χ3v) is 6.19. The average molecular weight is 425 g/mol. The van der Waals surface area contributed by atoms with Gasteiger partial charge in [0.25, 0.3) is 0 Å². The molecule has 0 amide bonds. The Bertz CT molecular complexity index is 1140. The van der Waals surface area contributed by atoms with Crippen LogP contribution in [0.4, 0.5) is 0 Å². The Labute approximate surface area is 180 Å². The Morgan fingerprint density at radius 2 is 1.97 bits per heavy atom. The van der Waals surface area contributed by atoms with Crippen molar-refractivity contribution < 1.29 is 4.74 Å². The van der Waals surface area contributed by atoms with Crippen LogP contribution in [0.1, 0.15) is 48.5 Å². The number of aryl methyl sites for hydroxylation is 2. The van der Waals surface area contributed by atoms with Crippen molar-refractivity contribution >= 4 is 23.4 Å². The lowest BCUT2D eigenvalue weighted by atomic mass is 9.82. The fraction of sp³-hybridized carbons (Fsp3) is 0.455. The van der Waals surface area contributed by atoms with Crippen molar-refractivity contribution in [3.8, 4) is 5.88 Å². The van der Waals surface area contributed by atoms with E-state index in [4.69, 9.17) is 21.3 Å². The third-order valence-electron chi connectivity index (χ3n) is 5.92. The number of ether oxygens (including phenoxy) is 1. The Kier molecular flexibility index (Phi) is 5.06. The Morgan fingerprint density at radius 3 is 2.77 bits per heavy atom. The number of nitrogens with zero attached hydrogens (tertiary/aromatic N) is 4. The van der Waals surface area contributed by atoms with E-state index < -0.39 is 0 Å². The summed E-state index contributed by atoms with van der Waals surface area (Å²) in [7, 11) is 0. The summed E-state index contributed by atoms with van der Waals surface area (Å²) in [6, 6.07) is 1.91. The van der Waals surface area contributed by atoms with Gasteiger partial charge in [-0.2, -0.15) is 10.1 Å². The second kappa shape index (κ2) is 7.87. The van der Waals surface area contributed by atoms with Crippen molar-refractivity contribution in [2.75, 3.05) is 6.54 Å². The van der Waals surface area contributed by atoms with Gasteiger partial charge in [0.15, 0.2) is 0 Å². The summed E-state index contributed by atoms with van der Waals surface area (Å²) >= 11 is 6.26. The maximum absolute atomic E-state index is 6.26. The van der Waals surface area contributed by atoms with Crippen LogP contribution in [0.2, 0.25) is 0 Å². The number of hydrogen-bond acceptors (Lipinski definition) is 6. The van der Waals surface area contributed by atoms with Crippen LogP contribution in [0.5, 0.6) is 5.88 Å². The van der Waals surface area contributed by atoms with Gasteiger partial charge in [-0.25, -0.2) is 4.98 Å². The Balaban J connectivity index is 1.33. The molecule has 30 heavy (non-hydrogen) atoms. The summed E-state index contributed by atoms with van der Waals surface area (Å²) < 4.78 is 6.16. The molecule has 0 saturated heterocycles. The van der Waals surface area contributed by atoms with Gasteiger partial charge in [-0.1, -0.05) is 11.6 Å². The number of hydrogen-bond donors (Lipinski definition) is 2. The number of rotatable bonds is 3. The molecule has 3 aliphatic rings. The third kappa shape index (κ3) is 3.74. The molecular weight excluding hydrogens is 400 g/mol. The van der Waals surface area contributed by atoms with Crippen molar-refractivity contribution in [2.24, 2.45) is 16.0 Å². The van der Waals surface area contributed by atoms with Gasteiger partial charge in [0.1, 0.15) is 11.9 Å². The molecule has 2 aromatic rings. The van der Waals surface area contributed by atoms with Crippen LogP contribution in [0.3, 0.4) is 0 Å². The van der Waals surface area contributed by atoms with Crippen LogP contribution in [0, 0.1) is 19.8 Å². The van der Waals surface area contributed by atoms with E-state index in [1.165, 1.54) is 5.56 Å². The van der Waals surface area contributed by atoms with E-state index in [2.05, 4.69) is 25.5 Å². The fourth-order valence-corrected chi connectivity index (χ4v) is 4.75. The summed E-state index contributed by atoms with van der Waals surface area (Å²) in [4.78, 5) is 17.0. The van der Waals surface area contributed by atoms with Gasteiger partial charge in [0.05, 0.1) is 35.2 Å². The molecule has 4 heterocycles. The first-order valence-corrected chi connectivity index (χ1v) is 10.9. The largest absolute Gasteiger partial charge is 0.474 e. The molecule has 0 atom stereocenters. The van der Waals surface area contributed by atoms with E-state index in [1.807, 2.05) is 32.1 Å². The highest BCUT2D eigenvalue weighted by molar-refractivity contribution is 6.34. The summed E-state index contributed by atoms with van der Waals surface area (Å²) in [5, 5.41) is 7.38. The monoisotopic (exact) mass is 424 g/mol. The lowest BCUT2D eigenvalue weighted by Gasteiger charge is -2.30. The predicted octanol–water partition coefficient (Wildman–Crippen LogP) is 2.40. The van der Waals surface area contributed by atoms with E-state index in [0.29, 0.717) is 24.9 Å². The van der Waals surface area contributed by atoms with Gasteiger partial charge in [0.2, 0.25) is 5.88 Å². The van der Waals surface area contributed by atoms with Gasteiger partial charge in [0, 0.05) is 28.3 Å². The van der Waals surface area contributed by atoms with E-state index in [-0.39, 0.29) is 6.10 Å². The number of fused-ring (bicyclic) bond motifs is 3. The van der Waals surface area contributed by atoms with Crippen LogP contribution >= 0.6 is 11.6 Å². The molecule has 0 radical (unpaired) electrons. The maximum atomic E-state index is 6.26. The van der Waals surface area contributed by atoms with Gasteiger partial charge in [-0.15, -0.1) is 0 Å². The zero-order chi connectivity index (χ0) is 20.7. The number of halogens is 1. The minimum absolute atomic E-state index is 0.180. The van der Waals surface area contributed by atoms with Crippen molar-refractivity contribution in [1.82, 2.24) is 20.4 Å². The van der Waals surface area contributed by atoms with Crippen LogP contribution in [-0.2, 0) is 6.54 Å². The minimum atomic E-state index is 0.180. The SMILES string of the molecule is Cc1cc(OC2CCC(C3=NNCc4c3[nH]c3c4=NCC=C(Cl)C=3)CC2)nc(C)n1. The van der Waals surface area contributed by atoms with Crippen molar-refractivity contribution in [2.45, 2.75) is 52.2 Å².